The first-order chi connectivity index (χ1) is 8.38. The monoisotopic (exact) mass is 248 g/mol. The zero-order valence-corrected chi connectivity index (χ0v) is 11.0. The Hall–Kier alpha value is -1.91. The van der Waals surface area contributed by atoms with E-state index in [2.05, 4.69) is 10.1 Å². The number of carbonyl (C=O) groups excluding carboxylic acids is 1. The minimum atomic E-state index is -0.408. The summed E-state index contributed by atoms with van der Waals surface area (Å²) in [4.78, 5) is 16.0. The summed E-state index contributed by atoms with van der Waals surface area (Å²) in [5, 5.41) is 3.82. The molecule has 0 unspecified atom stereocenters. The second-order valence-electron chi connectivity index (χ2n) is 5.29. The normalized spacial score (nSPS) is 11.8. The molecule has 0 spiro atoms. The van der Waals surface area contributed by atoms with Crippen molar-refractivity contribution < 1.29 is 13.7 Å². The van der Waals surface area contributed by atoms with E-state index in [1.165, 1.54) is 0 Å². The van der Waals surface area contributed by atoms with Gasteiger partial charge < -0.3 is 8.94 Å². The van der Waals surface area contributed by atoms with Gasteiger partial charge in [-0.3, -0.25) is 4.79 Å². The number of aryl methyl sites for hydroxylation is 1. The molecule has 5 heteroatoms. The van der Waals surface area contributed by atoms with E-state index in [1.807, 2.05) is 33.8 Å². The highest BCUT2D eigenvalue weighted by molar-refractivity contribution is 5.85. The number of aromatic nitrogens is 2. The quantitative estimate of drug-likeness (QED) is 0.835. The number of carbonyl (C=O) groups is 1. The van der Waals surface area contributed by atoms with Crippen molar-refractivity contribution in [1.82, 2.24) is 10.1 Å². The largest absolute Gasteiger partial charge is 0.461 e. The van der Waals surface area contributed by atoms with Crippen molar-refractivity contribution in [2.75, 3.05) is 0 Å². The molecule has 0 amide bonds. The summed E-state index contributed by atoms with van der Waals surface area (Å²) in [5.41, 5.74) is 0.527. The lowest BCUT2D eigenvalue weighted by atomic mass is 9.89. The van der Waals surface area contributed by atoms with Crippen LogP contribution in [-0.2, 0) is 11.2 Å². The smallest absolute Gasteiger partial charge is 0.238 e. The summed E-state index contributed by atoms with van der Waals surface area (Å²) in [7, 11) is 0. The van der Waals surface area contributed by atoms with Gasteiger partial charge in [-0.05, 0) is 18.6 Å². The molecule has 0 saturated carbocycles. The van der Waals surface area contributed by atoms with Gasteiger partial charge in [0.1, 0.15) is 5.78 Å². The molecule has 0 bridgehead atoms. The van der Waals surface area contributed by atoms with E-state index in [-0.39, 0.29) is 12.2 Å². The van der Waals surface area contributed by atoms with Crippen molar-refractivity contribution in [1.29, 1.82) is 0 Å². The molecule has 5 nitrogen and oxygen atoms in total. The number of hydrogen-bond donors (Lipinski definition) is 0. The highest BCUT2D eigenvalue weighted by atomic mass is 16.5. The Bertz CT molecular complexity index is 561. The standard InChI is InChI=1S/C13H16N2O3/c1-8-5-6-17-11(8)12-14-10(18-15-12)7-9(16)13(2,3)4/h5-6H,7H2,1-4H3. The lowest BCUT2D eigenvalue weighted by Gasteiger charge is -2.14. The van der Waals surface area contributed by atoms with Crippen LogP contribution in [0.3, 0.4) is 0 Å². The SMILES string of the molecule is Cc1ccoc1-c1noc(CC(=O)C(C)(C)C)n1. The van der Waals surface area contributed by atoms with Gasteiger partial charge in [-0.1, -0.05) is 25.9 Å². The van der Waals surface area contributed by atoms with Crippen LogP contribution < -0.4 is 0 Å². The zero-order valence-electron chi connectivity index (χ0n) is 11.0. The van der Waals surface area contributed by atoms with E-state index in [1.54, 1.807) is 6.26 Å². The summed E-state index contributed by atoms with van der Waals surface area (Å²) in [6.07, 6.45) is 1.72. The fourth-order valence-corrected chi connectivity index (χ4v) is 1.42. The van der Waals surface area contributed by atoms with Gasteiger partial charge in [0.05, 0.1) is 12.7 Å². The first-order valence-corrected chi connectivity index (χ1v) is 5.78. The minimum Gasteiger partial charge on any atom is -0.461 e. The summed E-state index contributed by atoms with van der Waals surface area (Å²) in [6, 6.07) is 1.83. The highest BCUT2D eigenvalue weighted by Gasteiger charge is 2.24. The Balaban J connectivity index is 2.17. The van der Waals surface area contributed by atoms with Gasteiger partial charge in [-0.2, -0.15) is 4.98 Å². The second-order valence-corrected chi connectivity index (χ2v) is 5.29. The molecule has 2 aromatic rings. The number of hydrogen-bond acceptors (Lipinski definition) is 5. The van der Waals surface area contributed by atoms with Crippen LogP contribution in [0, 0.1) is 12.3 Å². The Labute approximate surface area is 105 Å². The van der Waals surface area contributed by atoms with Crippen LogP contribution in [0.1, 0.15) is 32.2 Å². The van der Waals surface area contributed by atoms with Crippen LogP contribution in [0.25, 0.3) is 11.6 Å². The van der Waals surface area contributed by atoms with Gasteiger partial charge in [0.15, 0.2) is 5.76 Å². The molecule has 96 valence electrons. The van der Waals surface area contributed by atoms with E-state index in [0.29, 0.717) is 17.5 Å². The average molecular weight is 248 g/mol. The Morgan fingerprint density at radius 1 is 1.39 bits per heavy atom. The Morgan fingerprint density at radius 3 is 2.67 bits per heavy atom. The Kier molecular flexibility index (Phi) is 3.07. The van der Waals surface area contributed by atoms with E-state index >= 15 is 0 Å². The number of nitrogens with zero attached hydrogens (tertiary/aromatic N) is 2. The predicted octanol–water partition coefficient (Wildman–Crippen LogP) is 2.80. The van der Waals surface area contributed by atoms with Gasteiger partial charge in [0.25, 0.3) is 0 Å². The molecule has 2 rings (SSSR count). The van der Waals surface area contributed by atoms with Crippen molar-refractivity contribution in [2.45, 2.75) is 34.1 Å². The molecule has 0 N–H and O–H groups in total. The van der Waals surface area contributed by atoms with Crippen LogP contribution in [-0.4, -0.2) is 15.9 Å². The molecular weight excluding hydrogens is 232 g/mol. The molecule has 0 aliphatic heterocycles. The molecule has 0 fully saturated rings. The maximum atomic E-state index is 11.8. The number of rotatable bonds is 3. The molecule has 0 aliphatic rings. The highest BCUT2D eigenvalue weighted by Crippen LogP contribution is 2.22. The topological polar surface area (TPSA) is 69.1 Å². The fourth-order valence-electron chi connectivity index (χ4n) is 1.42. The molecule has 0 saturated heterocycles. The van der Waals surface area contributed by atoms with Crippen LogP contribution in [0.4, 0.5) is 0 Å². The van der Waals surface area contributed by atoms with Gasteiger partial charge >= 0.3 is 0 Å². The van der Waals surface area contributed by atoms with Gasteiger partial charge in [0, 0.05) is 5.41 Å². The van der Waals surface area contributed by atoms with E-state index in [9.17, 15) is 4.79 Å². The van der Waals surface area contributed by atoms with E-state index < -0.39 is 5.41 Å². The number of furan rings is 1. The van der Waals surface area contributed by atoms with Crippen LogP contribution in [0.5, 0.6) is 0 Å². The van der Waals surface area contributed by atoms with Gasteiger partial charge in [-0.25, -0.2) is 0 Å². The van der Waals surface area contributed by atoms with E-state index in [4.69, 9.17) is 8.94 Å². The molecular formula is C13H16N2O3. The van der Waals surface area contributed by atoms with Gasteiger partial charge in [0.2, 0.25) is 11.7 Å². The molecule has 2 aromatic heterocycles. The molecule has 0 atom stereocenters. The summed E-state index contributed by atoms with van der Waals surface area (Å²) >= 11 is 0. The molecule has 0 aromatic carbocycles. The van der Waals surface area contributed by atoms with Crippen molar-refractivity contribution in [3.63, 3.8) is 0 Å². The molecule has 0 radical (unpaired) electrons. The third-order valence-electron chi connectivity index (χ3n) is 2.68. The maximum Gasteiger partial charge on any atom is 0.238 e. The Morgan fingerprint density at radius 2 is 2.11 bits per heavy atom. The van der Waals surface area contributed by atoms with Gasteiger partial charge in [-0.15, -0.1) is 0 Å². The third kappa shape index (κ3) is 2.50. The summed E-state index contributed by atoms with van der Waals surface area (Å²) in [5.74, 6) is 1.34. The molecule has 2 heterocycles. The first-order valence-electron chi connectivity index (χ1n) is 5.78. The van der Waals surface area contributed by atoms with Crippen LogP contribution in [0.15, 0.2) is 21.3 Å². The summed E-state index contributed by atoms with van der Waals surface area (Å²) < 4.78 is 10.3. The number of ketones is 1. The van der Waals surface area contributed by atoms with Crippen molar-refractivity contribution >= 4 is 5.78 Å². The minimum absolute atomic E-state index is 0.0638. The maximum absolute atomic E-state index is 11.8. The van der Waals surface area contributed by atoms with Crippen molar-refractivity contribution in [3.8, 4) is 11.6 Å². The third-order valence-corrected chi connectivity index (χ3v) is 2.68. The lowest BCUT2D eigenvalue weighted by Crippen LogP contribution is -2.22. The lowest BCUT2D eigenvalue weighted by molar-refractivity contribution is -0.125. The fraction of sp³-hybridized carbons (Fsp3) is 0.462. The molecule has 18 heavy (non-hydrogen) atoms. The number of Topliss-reactive ketones (excluding diaryl/α,β-unsaturated/α-hetero) is 1. The zero-order chi connectivity index (χ0) is 13.3. The second kappa shape index (κ2) is 4.40. The van der Waals surface area contributed by atoms with E-state index in [0.717, 1.165) is 5.56 Å². The van der Waals surface area contributed by atoms with Crippen LogP contribution in [0.2, 0.25) is 0 Å². The average Bonchev–Trinajstić information content (AvgIpc) is 2.85. The van der Waals surface area contributed by atoms with Crippen molar-refractivity contribution in [3.05, 3.63) is 23.8 Å². The van der Waals surface area contributed by atoms with Crippen molar-refractivity contribution in [2.24, 2.45) is 5.41 Å². The molecule has 0 aliphatic carbocycles. The van der Waals surface area contributed by atoms with Crippen LogP contribution >= 0.6 is 0 Å². The predicted molar refractivity (Wildman–Crippen MR) is 64.9 cm³/mol. The first kappa shape index (κ1) is 12.5. The summed E-state index contributed by atoms with van der Waals surface area (Å²) in [6.45, 7) is 7.49.